The number of hydrogen-bond acceptors (Lipinski definition) is 1. The van der Waals surface area contributed by atoms with E-state index < -0.39 is 0 Å². The Hall–Kier alpha value is -1.61. The lowest BCUT2D eigenvalue weighted by Gasteiger charge is -2.03. The highest BCUT2D eigenvalue weighted by molar-refractivity contribution is 9.10. The lowest BCUT2D eigenvalue weighted by atomic mass is 10.0. The van der Waals surface area contributed by atoms with E-state index in [0.717, 1.165) is 15.8 Å². The molecule has 0 aliphatic heterocycles. The smallest absolute Gasteiger partial charge is 0.137 e. The average molecular weight is 301 g/mol. The molecule has 3 heteroatoms. The van der Waals surface area contributed by atoms with E-state index in [1.54, 1.807) is 0 Å². The number of aryl methyl sites for hydroxylation is 2. The summed E-state index contributed by atoms with van der Waals surface area (Å²) in [5.41, 5.74) is 5.70. The van der Waals surface area contributed by atoms with Crippen molar-refractivity contribution in [3.8, 4) is 11.3 Å². The third-order valence-corrected chi connectivity index (χ3v) is 3.55. The highest BCUT2D eigenvalue weighted by atomic mass is 79.9. The Morgan fingerprint density at radius 1 is 1.06 bits per heavy atom. The van der Waals surface area contributed by atoms with E-state index >= 15 is 0 Å². The summed E-state index contributed by atoms with van der Waals surface area (Å²) in [6, 6.07) is 10.5. The average Bonchev–Trinajstić information content (AvgIpc) is 2.74. The minimum absolute atomic E-state index is 0.967. The van der Waals surface area contributed by atoms with Crippen LogP contribution in [0.4, 0.5) is 0 Å². The predicted molar refractivity (Wildman–Crippen MR) is 77.8 cm³/mol. The molecule has 18 heavy (non-hydrogen) atoms. The number of nitrogens with zero attached hydrogens (tertiary/aromatic N) is 2. The van der Waals surface area contributed by atoms with Crippen LogP contribution in [0.1, 0.15) is 11.1 Å². The van der Waals surface area contributed by atoms with Crippen molar-refractivity contribution in [1.82, 2.24) is 9.38 Å². The van der Waals surface area contributed by atoms with Gasteiger partial charge in [0, 0.05) is 22.4 Å². The lowest BCUT2D eigenvalue weighted by Crippen LogP contribution is -1.84. The van der Waals surface area contributed by atoms with Gasteiger partial charge in [0.15, 0.2) is 0 Å². The van der Waals surface area contributed by atoms with E-state index in [1.165, 1.54) is 16.7 Å². The zero-order chi connectivity index (χ0) is 12.7. The first-order valence-corrected chi connectivity index (χ1v) is 6.65. The second-order valence-electron chi connectivity index (χ2n) is 4.56. The predicted octanol–water partition coefficient (Wildman–Crippen LogP) is 4.38. The first-order valence-electron chi connectivity index (χ1n) is 5.85. The van der Waals surface area contributed by atoms with Crippen LogP contribution < -0.4 is 0 Å². The van der Waals surface area contributed by atoms with Gasteiger partial charge < -0.3 is 4.40 Å². The molecule has 0 radical (unpaired) electrons. The topological polar surface area (TPSA) is 17.3 Å². The summed E-state index contributed by atoms with van der Waals surface area (Å²) >= 11 is 3.48. The van der Waals surface area contributed by atoms with Crippen molar-refractivity contribution in [3.63, 3.8) is 0 Å². The molecular formula is C15H13BrN2. The number of pyridine rings is 1. The van der Waals surface area contributed by atoms with Gasteiger partial charge in [-0.3, -0.25) is 0 Å². The van der Waals surface area contributed by atoms with Crippen molar-refractivity contribution in [2.45, 2.75) is 13.8 Å². The summed E-state index contributed by atoms with van der Waals surface area (Å²) in [5, 5.41) is 0. The molecule has 0 aliphatic rings. The summed E-state index contributed by atoms with van der Waals surface area (Å²) in [7, 11) is 0. The molecule has 0 spiro atoms. The molecule has 0 fully saturated rings. The van der Waals surface area contributed by atoms with Gasteiger partial charge in [-0.05, 0) is 53.5 Å². The number of halogens is 1. The van der Waals surface area contributed by atoms with Crippen molar-refractivity contribution >= 4 is 21.6 Å². The van der Waals surface area contributed by atoms with Crippen LogP contribution >= 0.6 is 15.9 Å². The standard InChI is InChI=1S/C15H13BrN2/c1-10-3-4-11(2)13(7-10)14-9-18-8-12(16)5-6-15(18)17-14/h3-9H,1-2H3. The minimum Gasteiger partial charge on any atom is -0.305 e. The minimum atomic E-state index is 0.967. The monoisotopic (exact) mass is 300 g/mol. The van der Waals surface area contributed by atoms with Crippen molar-refractivity contribution in [1.29, 1.82) is 0 Å². The Bertz CT molecular complexity index is 728. The zero-order valence-corrected chi connectivity index (χ0v) is 11.9. The summed E-state index contributed by atoms with van der Waals surface area (Å²) in [6.45, 7) is 4.23. The number of aromatic nitrogens is 2. The van der Waals surface area contributed by atoms with Gasteiger partial charge in [0.2, 0.25) is 0 Å². The Morgan fingerprint density at radius 2 is 1.89 bits per heavy atom. The van der Waals surface area contributed by atoms with Crippen LogP contribution in [-0.4, -0.2) is 9.38 Å². The highest BCUT2D eigenvalue weighted by Gasteiger charge is 2.07. The lowest BCUT2D eigenvalue weighted by molar-refractivity contribution is 1.17. The van der Waals surface area contributed by atoms with Gasteiger partial charge in [-0.15, -0.1) is 0 Å². The number of fused-ring (bicyclic) bond motifs is 1. The van der Waals surface area contributed by atoms with Gasteiger partial charge in [-0.25, -0.2) is 4.98 Å². The van der Waals surface area contributed by atoms with Crippen LogP contribution in [-0.2, 0) is 0 Å². The Balaban J connectivity index is 2.22. The molecule has 2 nitrogen and oxygen atoms in total. The molecule has 0 saturated carbocycles. The van der Waals surface area contributed by atoms with E-state index in [-0.39, 0.29) is 0 Å². The van der Waals surface area contributed by atoms with Crippen molar-refractivity contribution < 1.29 is 0 Å². The molecule has 1 aromatic carbocycles. The molecule has 0 atom stereocenters. The third kappa shape index (κ3) is 1.95. The third-order valence-electron chi connectivity index (χ3n) is 3.08. The van der Waals surface area contributed by atoms with Crippen LogP contribution in [0.2, 0.25) is 0 Å². The molecule has 0 aliphatic carbocycles. The van der Waals surface area contributed by atoms with E-state index in [1.807, 2.05) is 22.7 Å². The van der Waals surface area contributed by atoms with Crippen LogP contribution in [0.25, 0.3) is 16.9 Å². The molecule has 0 bridgehead atoms. The van der Waals surface area contributed by atoms with Crippen LogP contribution in [0.5, 0.6) is 0 Å². The van der Waals surface area contributed by atoms with E-state index in [4.69, 9.17) is 0 Å². The summed E-state index contributed by atoms with van der Waals surface area (Å²) < 4.78 is 3.10. The van der Waals surface area contributed by atoms with Gasteiger partial charge in [-0.2, -0.15) is 0 Å². The van der Waals surface area contributed by atoms with Gasteiger partial charge >= 0.3 is 0 Å². The fraction of sp³-hybridized carbons (Fsp3) is 0.133. The van der Waals surface area contributed by atoms with Crippen LogP contribution in [0.3, 0.4) is 0 Å². The largest absolute Gasteiger partial charge is 0.305 e. The Labute approximate surface area is 114 Å². The van der Waals surface area contributed by atoms with Gasteiger partial charge in [-0.1, -0.05) is 17.7 Å². The molecule has 2 heterocycles. The Kier molecular flexibility index (Phi) is 2.71. The van der Waals surface area contributed by atoms with Gasteiger partial charge in [0.05, 0.1) is 5.69 Å². The maximum atomic E-state index is 4.67. The molecule has 0 N–H and O–H groups in total. The SMILES string of the molecule is Cc1ccc(C)c(-c2cn3cc(Br)ccc3n2)c1. The molecule has 2 aromatic heterocycles. The highest BCUT2D eigenvalue weighted by Crippen LogP contribution is 2.24. The normalized spacial score (nSPS) is 11.1. The van der Waals surface area contributed by atoms with Gasteiger partial charge in [0.25, 0.3) is 0 Å². The number of rotatable bonds is 1. The zero-order valence-electron chi connectivity index (χ0n) is 10.3. The maximum Gasteiger partial charge on any atom is 0.137 e. The van der Waals surface area contributed by atoms with Crippen molar-refractivity contribution in [3.05, 3.63) is 58.3 Å². The molecule has 0 unspecified atom stereocenters. The first kappa shape index (κ1) is 11.5. The molecule has 90 valence electrons. The summed E-state index contributed by atoms with van der Waals surface area (Å²) in [4.78, 5) is 4.67. The molecule has 0 amide bonds. The molecular weight excluding hydrogens is 288 g/mol. The molecule has 3 rings (SSSR count). The van der Waals surface area contributed by atoms with E-state index in [9.17, 15) is 0 Å². The number of imidazole rings is 1. The van der Waals surface area contributed by atoms with E-state index in [2.05, 4.69) is 59.2 Å². The quantitative estimate of drug-likeness (QED) is 0.652. The maximum absolute atomic E-state index is 4.67. The number of hydrogen-bond donors (Lipinski definition) is 0. The van der Waals surface area contributed by atoms with Gasteiger partial charge in [0.1, 0.15) is 5.65 Å². The Morgan fingerprint density at radius 3 is 2.72 bits per heavy atom. The molecule has 3 aromatic rings. The summed E-state index contributed by atoms with van der Waals surface area (Å²) in [5.74, 6) is 0. The second-order valence-corrected chi connectivity index (χ2v) is 5.47. The van der Waals surface area contributed by atoms with Crippen molar-refractivity contribution in [2.75, 3.05) is 0 Å². The molecule has 0 saturated heterocycles. The summed E-state index contributed by atoms with van der Waals surface area (Å²) in [6.07, 6.45) is 4.10. The first-order chi connectivity index (χ1) is 8.63. The van der Waals surface area contributed by atoms with Crippen molar-refractivity contribution in [2.24, 2.45) is 0 Å². The number of benzene rings is 1. The second kappa shape index (κ2) is 4.25. The van der Waals surface area contributed by atoms with E-state index in [0.29, 0.717) is 0 Å². The van der Waals surface area contributed by atoms with Crippen LogP contribution in [0, 0.1) is 13.8 Å². The fourth-order valence-corrected chi connectivity index (χ4v) is 2.46. The fourth-order valence-electron chi connectivity index (χ4n) is 2.11. The van der Waals surface area contributed by atoms with Crippen LogP contribution in [0.15, 0.2) is 47.2 Å².